The Labute approximate surface area is 136 Å². The lowest BCUT2D eigenvalue weighted by Gasteiger charge is -2.19. The second kappa shape index (κ2) is 7.21. The molecule has 2 atom stereocenters. The third-order valence-corrected chi connectivity index (χ3v) is 6.57. The quantitative estimate of drug-likeness (QED) is 0.799. The van der Waals surface area contributed by atoms with Crippen LogP contribution >= 0.6 is 0 Å². The van der Waals surface area contributed by atoms with Gasteiger partial charge in [0.1, 0.15) is 11.6 Å². The second-order valence-corrected chi connectivity index (χ2v) is 8.66. The van der Waals surface area contributed by atoms with Gasteiger partial charge in [-0.25, -0.2) is 17.2 Å². The van der Waals surface area contributed by atoms with Crippen LogP contribution in [0.25, 0.3) is 0 Å². The Hall–Kier alpha value is -1.75. The Morgan fingerprint density at radius 1 is 0.739 bits per heavy atom. The van der Waals surface area contributed by atoms with Gasteiger partial charge in [-0.3, -0.25) is 0 Å². The van der Waals surface area contributed by atoms with Gasteiger partial charge in [-0.05, 0) is 62.1 Å². The topological polar surface area (TPSA) is 34.1 Å². The minimum Gasteiger partial charge on any atom is -0.228 e. The molecule has 2 nitrogen and oxygen atoms in total. The van der Waals surface area contributed by atoms with Crippen LogP contribution in [0, 0.1) is 11.6 Å². The zero-order valence-corrected chi connectivity index (χ0v) is 14.0. The maximum atomic E-state index is 12.9. The van der Waals surface area contributed by atoms with E-state index in [4.69, 9.17) is 0 Å². The molecule has 2 unspecified atom stereocenters. The zero-order chi connectivity index (χ0) is 17.0. The monoisotopic (exact) mass is 338 g/mol. The van der Waals surface area contributed by atoms with Crippen molar-refractivity contribution in [2.45, 2.75) is 37.2 Å². The van der Waals surface area contributed by atoms with Gasteiger partial charge in [0, 0.05) is 0 Å². The maximum Gasteiger partial charge on any atom is 0.156 e. The molecule has 0 aliphatic heterocycles. The van der Waals surface area contributed by atoms with Crippen LogP contribution in [0.3, 0.4) is 0 Å². The summed E-state index contributed by atoms with van der Waals surface area (Å²) in [7, 11) is -3.34. The van der Waals surface area contributed by atoms with Crippen LogP contribution in [0.15, 0.2) is 48.5 Å². The van der Waals surface area contributed by atoms with Crippen molar-refractivity contribution >= 4 is 9.84 Å². The Morgan fingerprint density at radius 3 is 1.35 bits per heavy atom. The van der Waals surface area contributed by atoms with Gasteiger partial charge in [0.25, 0.3) is 0 Å². The van der Waals surface area contributed by atoms with Crippen molar-refractivity contribution in [2.24, 2.45) is 0 Å². The molecule has 0 heterocycles. The summed E-state index contributed by atoms with van der Waals surface area (Å²) in [5.41, 5.74) is 1.58. The third kappa shape index (κ3) is 4.61. The van der Waals surface area contributed by atoms with E-state index in [0.29, 0.717) is 12.8 Å². The zero-order valence-electron chi connectivity index (χ0n) is 13.2. The standard InChI is InChI=1S/C18H20F2O2S/c1-13(11-15-3-7-17(19)8-4-15)23(21,22)14(2)12-16-5-9-18(20)10-6-16/h3-10,13-14H,11-12H2,1-2H3. The predicted molar refractivity (Wildman–Crippen MR) is 88.1 cm³/mol. The van der Waals surface area contributed by atoms with E-state index in [0.717, 1.165) is 11.1 Å². The van der Waals surface area contributed by atoms with Crippen molar-refractivity contribution in [1.82, 2.24) is 0 Å². The van der Waals surface area contributed by atoms with Crippen molar-refractivity contribution in [1.29, 1.82) is 0 Å². The molecule has 124 valence electrons. The average molecular weight is 338 g/mol. The second-order valence-electron chi connectivity index (χ2n) is 5.87. The van der Waals surface area contributed by atoms with Crippen molar-refractivity contribution in [2.75, 3.05) is 0 Å². The third-order valence-electron chi connectivity index (χ3n) is 3.99. The molecule has 2 aromatic rings. The van der Waals surface area contributed by atoms with Gasteiger partial charge in [-0.15, -0.1) is 0 Å². The molecule has 0 aliphatic rings. The largest absolute Gasteiger partial charge is 0.228 e. The average Bonchev–Trinajstić information content (AvgIpc) is 2.51. The van der Waals surface area contributed by atoms with Crippen molar-refractivity contribution in [3.8, 4) is 0 Å². The highest BCUT2D eigenvalue weighted by Gasteiger charge is 2.28. The molecule has 0 radical (unpaired) electrons. The van der Waals surface area contributed by atoms with E-state index in [1.807, 2.05) is 0 Å². The van der Waals surface area contributed by atoms with Crippen LogP contribution in [-0.4, -0.2) is 18.9 Å². The first-order valence-corrected chi connectivity index (χ1v) is 9.11. The molecule has 23 heavy (non-hydrogen) atoms. The predicted octanol–water partition coefficient (Wildman–Crippen LogP) is 3.94. The van der Waals surface area contributed by atoms with Gasteiger partial charge in [0.2, 0.25) is 0 Å². The summed E-state index contributed by atoms with van der Waals surface area (Å²) in [6, 6.07) is 11.7. The molecule has 0 aromatic heterocycles. The molecule has 0 fully saturated rings. The summed E-state index contributed by atoms with van der Waals surface area (Å²) in [5, 5.41) is -1.13. The van der Waals surface area contributed by atoms with Crippen molar-refractivity contribution in [3.63, 3.8) is 0 Å². The maximum absolute atomic E-state index is 12.9. The van der Waals surface area contributed by atoms with E-state index in [-0.39, 0.29) is 11.6 Å². The van der Waals surface area contributed by atoms with E-state index < -0.39 is 20.3 Å². The first kappa shape index (κ1) is 17.6. The highest BCUT2D eigenvalue weighted by molar-refractivity contribution is 7.92. The molecular weight excluding hydrogens is 318 g/mol. The first-order chi connectivity index (χ1) is 10.8. The van der Waals surface area contributed by atoms with Crippen LogP contribution < -0.4 is 0 Å². The van der Waals surface area contributed by atoms with Crippen LogP contribution in [0.4, 0.5) is 8.78 Å². The summed E-state index contributed by atoms with van der Waals surface area (Å²) in [5.74, 6) is -0.678. The van der Waals surface area contributed by atoms with E-state index >= 15 is 0 Å². The first-order valence-electron chi connectivity index (χ1n) is 7.50. The Kier molecular flexibility index (Phi) is 5.52. The summed E-state index contributed by atoms with van der Waals surface area (Å²) >= 11 is 0. The summed E-state index contributed by atoms with van der Waals surface area (Å²) in [6.45, 7) is 3.33. The van der Waals surface area contributed by atoms with E-state index in [9.17, 15) is 17.2 Å². The summed E-state index contributed by atoms with van der Waals surface area (Å²) in [6.07, 6.45) is 0.687. The van der Waals surface area contributed by atoms with Gasteiger partial charge in [-0.2, -0.15) is 0 Å². The van der Waals surface area contributed by atoms with Gasteiger partial charge < -0.3 is 0 Å². The molecule has 0 aliphatic carbocycles. The van der Waals surface area contributed by atoms with Gasteiger partial charge >= 0.3 is 0 Å². The molecule has 0 saturated heterocycles. The van der Waals surface area contributed by atoms with E-state index in [1.165, 1.54) is 24.3 Å². The highest BCUT2D eigenvalue weighted by atomic mass is 32.2. The molecule has 0 bridgehead atoms. The molecule has 2 aromatic carbocycles. The van der Waals surface area contributed by atoms with Crippen molar-refractivity contribution in [3.05, 3.63) is 71.3 Å². The molecule has 0 amide bonds. The minimum atomic E-state index is -3.34. The minimum absolute atomic E-state index is 0.339. The Bertz CT molecular complexity index is 678. The number of hydrogen-bond acceptors (Lipinski definition) is 2. The van der Waals surface area contributed by atoms with Crippen LogP contribution in [0.5, 0.6) is 0 Å². The fraction of sp³-hybridized carbons (Fsp3) is 0.333. The molecule has 0 N–H and O–H groups in total. The summed E-state index contributed by atoms with van der Waals surface area (Å²) in [4.78, 5) is 0. The van der Waals surface area contributed by atoms with Gasteiger partial charge in [0.15, 0.2) is 9.84 Å². The lowest BCUT2D eigenvalue weighted by molar-refractivity contribution is 0.568. The normalized spacial score (nSPS) is 14.4. The van der Waals surface area contributed by atoms with Gasteiger partial charge in [0.05, 0.1) is 10.5 Å². The molecular formula is C18H20F2O2S. The molecule has 5 heteroatoms. The van der Waals surface area contributed by atoms with Crippen molar-refractivity contribution < 1.29 is 17.2 Å². The lowest BCUT2D eigenvalue weighted by atomic mass is 10.1. The SMILES string of the molecule is CC(Cc1ccc(F)cc1)S(=O)(=O)C(C)Cc1ccc(F)cc1. The van der Waals surface area contributed by atoms with E-state index in [2.05, 4.69) is 0 Å². The summed E-state index contributed by atoms with van der Waals surface area (Å²) < 4.78 is 51.1. The molecule has 0 spiro atoms. The van der Waals surface area contributed by atoms with Gasteiger partial charge in [-0.1, -0.05) is 24.3 Å². The number of hydrogen-bond donors (Lipinski definition) is 0. The van der Waals surface area contributed by atoms with Crippen LogP contribution in [0.1, 0.15) is 25.0 Å². The number of sulfone groups is 1. The van der Waals surface area contributed by atoms with E-state index in [1.54, 1.807) is 38.1 Å². The smallest absolute Gasteiger partial charge is 0.156 e. The van der Waals surface area contributed by atoms with Crippen LogP contribution in [-0.2, 0) is 22.7 Å². The number of rotatable bonds is 6. The fourth-order valence-electron chi connectivity index (χ4n) is 2.53. The Balaban J connectivity index is 2.06. The Morgan fingerprint density at radius 2 is 1.04 bits per heavy atom. The number of halogens is 2. The fourth-order valence-corrected chi connectivity index (χ4v) is 4.18. The van der Waals surface area contributed by atoms with Crippen LogP contribution in [0.2, 0.25) is 0 Å². The number of benzene rings is 2. The molecule has 2 rings (SSSR count). The molecule has 0 saturated carbocycles. The lowest BCUT2D eigenvalue weighted by Crippen LogP contribution is -2.31. The highest BCUT2D eigenvalue weighted by Crippen LogP contribution is 2.18.